The standard InChI is InChI=1S/C22H21N3O/c26-22(24-20-13-12-15-6-4-5-9-18(15)20)19-14-23-25(21(19)16-10-11-16)17-7-2-1-3-8-17/h1-9,14,16,20H,10-13H2,(H,24,26). The summed E-state index contributed by atoms with van der Waals surface area (Å²) in [6.07, 6.45) is 5.99. The Morgan fingerprint density at radius 2 is 1.77 bits per heavy atom. The number of nitrogens with zero attached hydrogens (tertiary/aromatic N) is 2. The third-order valence-electron chi connectivity index (χ3n) is 5.45. The summed E-state index contributed by atoms with van der Waals surface area (Å²) >= 11 is 0. The lowest BCUT2D eigenvalue weighted by Crippen LogP contribution is -2.27. The molecule has 1 N–H and O–H groups in total. The van der Waals surface area contributed by atoms with Crippen LogP contribution in [0.1, 0.15) is 58.4 Å². The molecule has 0 saturated heterocycles. The van der Waals surface area contributed by atoms with Gasteiger partial charge in [0.05, 0.1) is 29.2 Å². The van der Waals surface area contributed by atoms with Crippen LogP contribution in [0.3, 0.4) is 0 Å². The van der Waals surface area contributed by atoms with Crippen LogP contribution in [0.2, 0.25) is 0 Å². The van der Waals surface area contributed by atoms with Crippen molar-refractivity contribution < 1.29 is 4.79 Å². The number of hydrogen-bond acceptors (Lipinski definition) is 2. The van der Waals surface area contributed by atoms with Crippen molar-refractivity contribution >= 4 is 5.91 Å². The molecule has 0 aliphatic heterocycles. The quantitative estimate of drug-likeness (QED) is 0.773. The molecule has 0 bridgehead atoms. The summed E-state index contributed by atoms with van der Waals surface area (Å²) in [5.41, 5.74) is 5.39. The molecule has 1 amide bonds. The fourth-order valence-electron chi connectivity index (χ4n) is 4.00. The van der Waals surface area contributed by atoms with Gasteiger partial charge in [-0.15, -0.1) is 0 Å². The van der Waals surface area contributed by atoms with E-state index in [1.165, 1.54) is 11.1 Å². The van der Waals surface area contributed by atoms with Crippen LogP contribution >= 0.6 is 0 Å². The maximum Gasteiger partial charge on any atom is 0.255 e. The molecular formula is C22H21N3O. The maximum absolute atomic E-state index is 13.0. The highest BCUT2D eigenvalue weighted by Gasteiger charge is 2.34. The second kappa shape index (κ2) is 6.13. The molecular weight excluding hydrogens is 322 g/mol. The van der Waals surface area contributed by atoms with Crippen molar-refractivity contribution in [1.29, 1.82) is 0 Å². The van der Waals surface area contributed by atoms with E-state index in [0.29, 0.717) is 5.92 Å². The fourth-order valence-corrected chi connectivity index (χ4v) is 4.00. The monoisotopic (exact) mass is 343 g/mol. The third-order valence-corrected chi connectivity index (χ3v) is 5.45. The first kappa shape index (κ1) is 15.4. The molecule has 26 heavy (non-hydrogen) atoms. The Hall–Kier alpha value is -2.88. The lowest BCUT2D eigenvalue weighted by molar-refractivity contribution is 0.0935. The topological polar surface area (TPSA) is 46.9 Å². The van der Waals surface area contributed by atoms with Crippen molar-refractivity contribution in [1.82, 2.24) is 15.1 Å². The summed E-state index contributed by atoms with van der Waals surface area (Å²) in [6, 6.07) is 18.6. The van der Waals surface area contributed by atoms with Crippen molar-refractivity contribution in [3.63, 3.8) is 0 Å². The summed E-state index contributed by atoms with van der Waals surface area (Å²) in [4.78, 5) is 13.0. The van der Waals surface area contributed by atoms with Crippen molar-refractivity contribution in [2.45, 2.75) is 37.6 Å². The number of benzene rings is 2. The second-order valence-electron chi connectivity index (χ2n) is 7.23. The maximum atomic E-state index is 13.0. The highest BCUT2D eigenvalue weighted by molar-refractivity contribution is 5.96. The van der Waals surface area contributed by atoms with Crippen LogP contribution in [-0.4, -0.2) is 15.7 Å². The molecule has 1 unspecified atom stereocenters. The van der Waals surface area contributed by atoms with E-state index in [2.05, 4.69) is 28.6 Å². The minimum atomic E-state index is -0.00390. The predicted octanol–water partition coefficient (Wildman–Crippen LogP) is 4.17. The number of carbonyl (C=O) groups is 1. The van der Waals surface area contributed by atoms with E-state index in [-0.39, 0.29) is 11.9 Å². The summed E-state index contributed by atoms with van der Waals surface area (Å²) in [6.45, 7) is 0. The average Bonchev–Trinajstić information content (AvgIpc) is 3.30. The number of carbonyl (C=O) groups excluding carboxylic acids is 1. The first-order chi connectivity index (χ1) is 12.8. The van der Waals surface area contributed by atoms with Crippen LogP contribution in [0.25, 0.3) is 5.69 Å². The average molecular weight is 343 g/mol. The van der Waals surface area contributed by atoms with Crippen LogP contribution in [-0.2, 0) is 6.42 Å². The summed E-state index contributed by atoms with van der Waals surface area (Å²) in [5, 5.41) is 7.79. The van der Waals surface area contributed by atoms with Gasteiger partial charge in [-0.05, 0) is 48.9 Å². The molecule has 2 aromatic carbocycles. The van der Waals surface area contributed by atoms with Crippen LogP contribution in [0.15, 0.2) is 60.8 Å². The van der Waals surface area contributed by atoms with Gasteiger partial charge < -0.3 is 5.32 Å². The number of fused-ring (bicyclic) bond motifs is 1. The summed E-state index contributed by atoms with van der Waals surface area (Å²) < 4.78 is 1.94. The highest BCUT2D eigenvalue weighted by atomic mass is 16.1. The van der Waals surface area contributed by atoms with Gasteiger partial charge in [-0.1, -0.05) is 42.5 Å². The Labute approximate surface area is 152 Å². The van der Waals surface area contributed by atoms with Gasteiger partial charge in [0.2, 0.25) is 0 Å². The molecule has 2 aliphatic rings. The van der Waals surface area contributed by atoms with Gasteiger partial charge in [-0.3, -0.25) is 4.79 Å². The van der Waals surface area contributed by atoms with Crippen LogP contribution in [0.5, 0.6) is 0 Å². The molecule has 0 spiro atoms. The SMILES string of the molecule is O=C(NC1CCc2ccccc21)c1cnn(-c2ccccc2)c1C1CC1. The van der Waals surface area contributed by atoms with E-state index in [4.69, 9.17) is 0 Å². The van der Waals surface area contributed by atoms with Gasteiger partial charge in [0.25, 0.3) is 5.91 Å². The molecule has 130 valence electrons. The summed E-state index contributed by atoms with van der Waals surface area (Å²) in [7, 11) is 0. The van der Waals surface area contributed by atoms with E-state index < -0.39 is 0 Å². The van der Waals surface area contributed by atoms with Crippen molar-refractivity contribution in [3.8, 4) is 5.69 Å². The lowest BCUT2D eigenvalue weighted by Gasteiger charge is -2.15. The lowest BCUT2D eigenvalue weighted by atomic mass is 10.1. The van der Waals surface area contributed by atoms with Gasteiger partial charge in [0.1, 0.15) is 0 Å². The first-order valence-electron chi connectivity index (χ1n) is 9.33. The second-order valence-corrected chi connectivity index (χ2v) is 7.23. The number of amides is 1. The van der Waals surface area contributed by atoms with Crippen molar-refractivity contribution in [2.24, 2.45) is 0 Å². The molecule has 4 nitrogen and oxygen atoms in total. The largest absolute Gasteiger partial charge is 0.345 e. The normalized spacial score (nSPS) is 18.5. The zero-order valence-corrected chi connectivity index (χ0v) is 14.6. The molecule has 4 heteroatoms. The van der Waals surface area contributed by atoms with Crippen LogP contribution in [0, 0.1) is 0 Å². The fraction of sp³-hybridized carbons (Fsp3) is 0.273. The number of para-hydroxylation sites is 1. The minimum absolute atomic E-state index is 0.00390. The van der Waals surface area contributed by atoms with Gasteiger partial charge in [0.15, 0.2) is 0 Å². The van der Waals surface area contributed by atoms with Crippen molar-refractivity contribution in [2.75, 3.05) is 0 Å². The van der Waals surface area contributed by atoms with Gasteiger partial charge in [-0.25, -0.2) is 4.68 Å². The summed E-state index contributed by atoms with van der Waals surface area (Å²) in [5.74, 6) is 0.435. The zero-order valence-electron chi connectivity index (χ0n) is 14.6. The van der Waals surface area contributed by atoms with Crippen LogP contribution < -0.4 is 5.32 Å². The highest BCUT2D eigenvalue weighted by Crippen LogP contribution is 2.42. The van der Waals surface area contributed by atoms with Gasteiger partial charge >= 0.3 is 0 Å². The predicted molar refractivity (Wildman–Crippen MR) is 101 cm³/mol. The molecule has 1 saturated carbocycles. The van der Waals surface area contributed by atoms with E-state index in [9.17, 15) is 4.79 Å². The Balaban J connectivity index is 1.45. The molecule has 1 fully saturated rings. The number of rotatable bonds is 4. The van der Waals surface area contributed by atoms with Gasteiger partial charge in [0, 0.05) is 5.92 Å². The molecule has 5 rings (SSSR count). The number of hydrogen-bond donors (Lipinski definition) is 1. The van der Waals surface area contributed by atoms with E-state index >= 15 is 0 Å². The van der Waals surface area contributed by atoms with E-state index in [1.807, 2.05) is 41.1 Å². The molecule has 1 aromatic heterocycles. The molecule has 3 aromatic rings. The van der Waals surface area contributed by atoms with Crippen molar-refractivity contribution in [3.05, 3.63) is 83.2 Å². The Kier molecular flexibility index (Phi) is 3.63. The minimum Gasteiger partial charge on any atom is -0.345 e. The molecule has 1 atom stereocenters. The number of nitrogens with one attached hydrogen (secondary N) is 1. The third kappa shape index (κ3) is 2.62. The molecule has 2 aliphatic carbocycles. The van der Waals surface area contributed by atoms with Gasteiger partial charge in [-0.2, -0.15) is 5.10 Å². The Bertz CT molecular complexity index is 957. The van der Waals surface area contributed by atoms with E-state index in [0.717, 1.165) is 42.6 Å². The van der Waals surface area contributed by atoms with Crippen LogP contribution in [0.4, 0.5) is 0 Å². The Morgan fingerprint density at radius 3 is 2.58 bits per heavy atom. The number of aryl methyl sites for hydroxylation is 1. The van der Waals surface area contributed by atoms with E-state index in [1.54, 1.807) is 6.20 Å². The number of aromatic nitrogens is 2. The zero-order chi connectivity index (χ0) is 17.5. The molecule has 1 heterocycles. The smallest absolute Gasteiger partial charge is 0.255 e. The Morgan fingerprint density at radius 1 is 1.00 bits per heavy atom. The molecule has 0 radical (unpaired) electrons. The first-order valence-corrected chi connectivity index (χ1v) is 9.33.